The van der Waals surface area contributed by atoms with Crippen molar-refractivity contribution >= 4 is 5.71 Å². The van der Waals surface area contributed by atoms with Crippen molar-refractivity contribution in [1.82, 2.24) is 0 Å². The van der Waals surface area contributed by atoms with Crippen molar-refractivity contribution in [2.24, 2.45) is 11.1 Å². The Morgan fingerprint density at radius 2 is 1.58 bits per heavy atom. The average molecular weight is 248 g/mol. The molecule has 0 spiro atoms. The fourth-order valence-electron chi connectivity index (χ4n) is 2.24. The molecule has 2 aromatic rings. The van der Waals surface area contributed by atoms with Crippen molar-refractivity contribution in [3.05, 3.63) is 71.8 Å². The maximum Gasteiger partial charge on any atom is 0.174 e. The van der Waals surface area contributed by atoms with Crippen molar-refractivity contribution in [3.63, 3.8) is 0 Å². The van der Waals surface area contributed by atoms with Crippen molar-refractivity contribution in [2.75, 3.05) is 0 Å². The number of hydrogen-bond donors (Lipinski definition) is 0. The molecule has 3 heteroatoms. The molecule has 0 unspecified atom stereocenters. The van der Waals surface area contributed by atoms with E-state index in [4.69, 9.17) is 4.84 Å². The molecule has 3 rings (SSSR count). The van der Waals surface area contributed by atoms with Gasteiger partial charge < -0.3 is 4.84 Å². The molecule has 0 aliphatic carbocycles. The van der Waals surface area contributed by atoms with Gasteiger partial charge in [0.15, 0.2) is 6.10 Å². The number of rotatable bonds is 2. The lowest BCUT2D eigenvalue weighted by molar-refractivity contribution is 0.0722. The summed E-state index contributed by atoms with van der Waals surface area (Å²) >= 11 is 0. The van der Waals surface area contributed by atoms with Crippen LogP contribution in [0.1, 0.15) is 17.2 Å². The van der Waals surface area contributed by atoms with E-state index in [1.165, 1.54) is 0 Å². The fourth-order valence-corrected chi connectivity index (χ4v) is 2.24. The van der Waals surface area contributed by atoms with E-state index in [1.54, 1.807) is 0 Å². The standard InChI is InChI=1S/C16H12N2O/c17-11-14-15(12-7-3-1-4-8-12)18-19-16(14)13-9-5-2-6-10-13/h1-10,14,16H/t14-,16+/m1/s1. The molecule has 0 bridgehead atoms. The van der Waals surface area contributed by atoms with Crippen LogP contribution in [0, 0.1) is 17.2 Å². The van der Waals surface area contributed by atoms with Crippen LogP contribution in [0.25, 0.3) is 0 Å². The van der Waals surface area contributed by atoms with Crippen molar-refractivity contribution in [1.29, 1.82) is 5.26 Å². The van der Waals surface area contributed by atoms with Gasteiger partial charge in [0, 0.05) is 5.56 Å². The van der Waals surface area contributed by atoms with Crippen LogP contribution in [0.3, 0.4) is 0 Å². The van der Waals surface area contributed by atoms with E-state index in [1.807, 2.05) is 60.7 Å². The Labute approximate surface area is 111 Å². The Morgan fingerprint density at radius 3 is 2.21 bits per heavy atom. The van der Waals surface area contributed by atoms with Crippen LogP contribution in [0.2, 0.25) is 0 Å². The zero-order chi connectivity index (χ0) is 13.1. The summed E-state index contributed by atoms with van der Waals surface area (Å²) in [6.07, 6.45) is -0.318. The summed E-state index contributed by atoms with van der Waals surface area (Å²) in [5, 5.41) is 13.5. The third kappa shape index (κ3) is 2.09. The van der Waals surface area contributed by atoms with E-state index in [-0.39, 0.29) is 12.0 Å². The summed E-state index contributed by atoms with van der Waals surface area (Å²) in [7, 11) is 0. The van der Waals surface area contributed by atoms with E-state index in [0.717, 1.165) is 11.1 Å². The molecular weight excluding hydrogens is 236 g/mol. The fraction of sp³-hybridized carbons (Fsp3) is 0.125. The SMILES string of the molecule is N#C[C@@H]1C(c2ccccc2)=NO[C@H]1c1ccccc1. The van der Waals surface area contributed by atoms with E-state index >= 15 is 0 Å². The van der Waals surface area contributed by atoms with Gasteiger partial charge in [-0.25, -0.2) is 0 Å². The first-order valence-electron chi connectivity index (χ1n) is 6.14. The van der Waals surface area contributed by atoms with Gasteiger partial charge in [-0.3, -0.25) is 0 Å². The second kappa shape index (κ2) is 4.95. The van der Waals surface area contributed by atoms with Gasteiger partial charge in [-0.15, -0.1) is 0 Å². The molecule has 0 aromatic heterocycles. The van der Waals surface area contributed by atoms with Crippen LogP contribution >= 0.6 is 0 Å². The zero-order valence-corrected chi connectivity index (χ0v) is 10.2. The Hall–Kier alpha value is -2.60. The van der Waals surface area contributed by atoms with Crippen LogP contribution in [0.4, 0.5) is 0 Å². The second-order valence-corrected chi connectivity index (χ2v) is 4.39. The number of hydrogen-bond acceptors (Lipinski definition) is 3. The van der Waals surface area contributed by atoms with Crippen LogP contribution < -0.4 is 0 Å². The molecule has 1 aliphatic heterocycles. The monoisotopic (exact) mass is 248 g/mol. The van der Waals surface area contributed by atoms with E-state index in [9.17, 15) is 5.26 Å². The van der Waals surface area contributed by atoms with Gasteiger partial charge in [0.1, 0.15) is 11.6 Å². The predicted octanol–water partition coefficient (Wildman–Crippen LogP) is 3.30. The molecule has 92 valence electrons. The van der Waals surface area contributed by atoms with Gasteiger partial charge in [-0.05, 0) is 5.56 Å². The highest BCUT2D eigenvalue weighted by atomic mass is 16.6. The van der Waals surface area contributed by atoms with Gasteiger partial charge >= 0.3 is 0 Å². The molecule has 0 N–H and O–H groups in total. The summed E-state index contributed by atoms with van der Waals surface area (Å²) in [6, 6.07) is 21.7. The third-order valence-electron chi connectivity index (χ3n) is 3.20. The molecule has 1 heterocycles. The number of nitrogens with zero attached hydrogens (tertiary/aromatic N) is 2. The Bertz CT molecular complexity index is 629. The van der Waals surface area contributed by atoms with Crippen LogP contribution in [-0.4, -0.2) is 5.71 Å². The van der Waals surface area contributed by atoms with Crippen molar-refractivity contribution < 1.29 is 4.84 Å². The first kappa shape index (κ1) is 11.5. The molecule has 2 aromatic carbocycles. The highest BCUT2D eigenvalue weighted by molar-refractivity contribution is 6.04. The molecule has 1 aliphatic rings. The summed E-state index contributed by atoms with van der Waals surface area (Å²) in [6.45, 7) is 0. The smallest absolute Gasteiger partial charge is 0.174 e. The van der Waals surface area contributed by atoms with Crippen molar-refractivity contribution in [2.45, 2.75) is 6.10 Å². The van der Waals surface area contributed by atoms with E-state index < -0.39 is 0 Å². The molecule has 2 atom stereocenters. The molecular formula is C16H12N2O. The van der Waals surface area contributed by atoms with Crippen molar-refractivity contribution in [3.8, 4) is 6.07 Å². The third-order valence-corrected chi connectivity index (χ3v) is 3.20. The second-order valence-electron chi connectivity index (χ2n) is 4.39. The minimum Gasteiger partial charge on any atom is -0.385 e. The number of benzene rings is 2. The maximum atomic E-state index is 9.42. The summed E-state index contributed by atoms with van der Waals surface area (Å²) in [5.41, 5.74) is 2.62. The average Bonchev–Trinajstić information content (AvgIpc) is 2.93. The number of oxime groups is 1. The van der Waals surface area contributed by atoms with Gasteiger partial charge in [-0.2, -0.15) is 5.26 Å². The van der Waals surface area contributed by atoms with Crippen LogP contribution in [0.15, 0.2) is 65.8 Å². The molecule has 0 fully saturated rings. The minimum atomic E-state index is -0.371. The lowest BCUT2D eigenvalue weighted by Gasteiger charge is -2.12. The first-order valence-corrected chi connectivity index (χ1v) is 6.14. The first-order chi connectivity index (χ1) is 9.40. The van der Waals surface area contributed by atoms with Crippen LogP contribution in [-0.2, 0) is 4.84 Å². The predicted molar refractivity (Wildman–Crippen MR) is 72.4 cm³/mol. The molecule has 0 saturated heterocycles. The normalized spacial score (nSPS) is 21.3. The van der Waals surface area contributed by atoms with Gasteiger partial charge in [-0.1, -0.05) is 65.8 Å². The molecule has 0 saturated carbocycles. The largest absolute Gasteiger partial charge is 0.385 e. The number of nitriles is 1. The van der Waals surface area contributed by atoms with Gasteiger partial charge in [0.25, 0.3) is 0 Å². The highest BCUT2D eigenvalue weighted by Crippen LogP contribution is 2.34. The lowest BCUT2D eigenvalue weighted by atomic mass is 9.90. The van der Waals surface area contributed by atoms with E-state index in [2.05, 4.69) is 11.2 Å². The Balaban J connectivity index is 1.93. The maximum absolute atomic E-state index is 9.42. The summed E-state index contributed by atoms with van der Waals surface area (Å²) < 4.78 is 0. The zero-order valence-electron chi connectivity index (χ0n) is 10.2. The lowest BCUT2D eigenvalue weighted by Crippen LogP contribution is -2.16. The molecule has 3 nitrogen and oxygen atoms in total. The highest BCUT2D eigenvalue weighted by Gasteiger charge is 2.36. The van der Waals surface area contributed by atoms with Crippen LogP contribution in [0.5, 0.6) is 0 Å². The summed E-state index contributed by atoms with van der Waals surface area (Å²) in [4.78, 5) is 5.48. The topological polar surface area (TPSA) is 45.4 Å². The van der Waals surface area contributed by atoms with Gasteiger partial charge in [0.2, 0.25) is 0 Å². The van der Waals surface area contributed by atoms with Gasteiger partial charge in [0.05, 0.1) is 6.07 Å². The minimum absolute atomic E-state index is 0.318. The quantitative estimate of drug-likeness (QED) is 0.818. The Morgan fingerprint density at radius 1 is 0.947 bits per heavy atom. The molecule has 0 radical (unpaired) electrons. The molecule has 19 heavy (non-hydrogen) atoms. The van der Waals surface area contributed by atoms with E-state index in [0.29, 0.717) is 5.71 Å². The summed E-state index contributed by atoms with van der Waals surface area (Å²) in [5.74, 6) is -0.371. The molecule has 0 amide bonds. The Kier molecular flexibility index (Phi) is 2.99.